The highest BCUT2D eigenvalue weighted by Gasteiger charge is 2.07. The van der Waals surface area contributed by atoms with E-state index in [1.54, 1.807) is 6.20 Å². The molecule has 3 rings (SSSR count). The van der Waals surface area contributed by atoms with Crippen molar-refractivity contribution in [3.8, 4) is 5.75 Å². The van der Waals surface area contributed by atoms with Gasteiger partial charge in [0.05, 0.1) is 12.3 Å². The van der Waals surface area contributed by atoms with Gasteiger partial charge in [-0.05, 0) is 37.6 Å². The zero-order valence-corrected chi connectivity index (χ0v) is 13.0. The second-order valence-electron chi connectivity index (χ2n) is 5.30. The van der Waals surface area contributed by atoms with Crippen molar-refractivity contribution >= 4 is 17.2 Å². The van der Waals surface area contributed by atoms with Crippen LogP contribution >= 0.6 is 0 Å². The molecule has 1 amide bonds. The van der Waals surface area contributed by atoms with E-state index < -0.39 is 0 Å². The second kappa shape index (κ2) is 6.96. The van der Waals surface area contributed by atoms with Crippen molar-refractivity contribution < 1.29 is 9.53 Å². The first kappa shape index (κ1) is 15.1. The molecule has 2 heterocycles. The minimum atomic E-state index is -0.00998. The third kappa shape index (κ3) is 3.69. The molecule has 0 saturated heterocycles. The maximum Gasteiger partial charge on any atom is 0.224 e. The molecule has 23 heavy (non-hydrogen) atoms. The summed E-state index contributed by atoms with van der Waals surface area (Å²) in [6.45, 7) is 2.49. The summed E-state index contributed by atoms with van der Waals surface area (Å²) in [6.07, 6.45) is 4.73. The number of pyridine rings is 1. The van der Waals surface area contributed by atoms with E-state index in [1.807, 2.05) is 60.0 Å². The van der Waals surface area contributed by atoms with Crippen LogP contribution in [0.15, 0.2) is 54.9 Å². The standard InChI is InChI=1S/C18H19N3O2/c1-14-16(9-10-17-19-11-12-21(14)17)20-18(22)8-5-13-23-15-6-3-2-4-7-15/h2-4,6-7,9-12H,5,8,13H2,1H3,(H,20,22). The Balaban J connectivity index is 1.49. The van der Waals surface area contributed by atoms with Crippen LogP contribution in [0, 0.1) is 6.92 Å². The normalized spacial score (nSPS) is 10.7. The van der Waals surface area contributed by atoms with E-state index >= 15 is 0 Å². The van der Waals surface area contributed by atoms with Crippen molar-refractivity contribution in [3.05, 3.63) is 60.6 Å². The van der Waals surface area contributed by atoms with Crippen LogP contribution in [-0.2, 0) is 4.79 Å². The van der Waals surface area contributed by atoms with E-state index in [2.05, 4.69) is 10.3 Å². The lowest BCUT2D eigenvalue weighted by Crippen LogP contribution is -2.14. The molecule has 0 aliphatic heterocycles. The van der Waals surface area contributed by atoms with Gasteiger partial charge in [-0.1, -0.05) is 18.2 Å². The van der Waals surface area contributed by atoms with Crippen molar-refractivity contribution in [2.75, 3.05) is 11.9 Å². The van der Waals surface area contributed by atoms with E-state index in [-0.39, 0.29) is 5.91 Å². The van der Waals surface area contributed by atoms with Gasteiger partial charge in [-0.2, -0.15) is 0 Å². The summed E-state index contributed by atoms with van der Waals surface area (Å²) in [7, 11) is 0. The van der Waals surface area contributed by atoms with Crippen LogP contribution in [-0.4, -0.2) is 21.9 Å². The van der Waals surface area contributed by atoms with Gasteiger partial charge in [0.2, 0.25) is 5.91 Å². The Morgan fingerprint density at radius 2 is 2.04 bits per heavy atom. The minimum Gasteiger partial charge on any atom is -0.494 e. The maximum atomic E-state index is 12.1. The number of hydrogen-bond donors (Lipinski definition) is 1. The van der Waals surface area contributed by atoms with Crippen molar-refractivity contribution in [2.45, 2.75) is 19.8 Å². The first-order valence-corrected chi connectivity index (χ1v) is 7.64. The first-order chi connectivity index (χ1) is 11.2. The van der Waals surface area contributed by atoms with Crippen molar-refractivity contribution in [3.63, 3.8) is 0 Å². The van der Waals surface area contributed by atoms with Gasteiger partial charge >= 0.3 is 0 Å². The van der Waals surface area contributed by atoms with Crippen LogP contribution in [0.3, 0.4) is 0 Å². The Bertz CT molecular complexity index is 796. The summed E-state index contributed by atoms with van der Waals surface area (Å²) in [6, 6.07) is 13.4. The van der Waals surface area contributed by atoms with Gasteiger partial charge in [-0.25, -0.2) is 4.98 Å². The number of carbonyl (C=O) groups is 1. The number of hydrogen-bond acceptors (Lipinski definition) is 3. The molecule has 1 N–H and O–H groups in total. The Labute approximate surface area is 134 Å². The number of carbonyl (C=O) groups excluding carboxylic acids is 1. The third-order valence-corrected chi connectivity index (χ3v) is 3.65. The molecule has 0 atom stereocenters. The molecular weight excluding hydrogens is 290 g/mol. The Morgan fingerprint density at radius 3 is 2.87 bits per heavy atom. The molecule has 0 bridgehead atoms. The predicted molar refractivity (Wildman–Crippen MR) is 89.7 cm³/mol. The van der Waals surface area contributed by atoms with Gasteiger partial charge in [-0.15, -0.1) is 0 Å². The monoisotopic (exact) mass is 309 g/mol. The summed E-state index contributed by atoms with van der Waals surface area (Å²) in [4.78, 5) is 16.3. The molecule has 2 aromatic heterocycles. The van der Waals surface area contributed by atoms with E-state index in [4.69, 9.17) is 4.74 Å². The number of nitrogens with one attached hydrogen (secondary N) is 1. The zero-order chi connectivity index (χ0) is 16.1. The summed E-state index contributed by atoms with van der Waals surface area (Å²) < 4.78 is 7.54. The molecule has 3 aromatic rings. The molecule has 0 unspecified atom stereocenters. The minimum absolute atomic E-state index is 0.00998. The van der Waals surface area contributed by atoms with Crippen LogP contribution in [0.5, 0.6) is 5.75 Å². The van der Waals surface area contributed by atoms with Crippen LogP contribution in [0.4, 0.5) is 5.69 Å². The molecule has 1 aromatic carbocycles. The quantitative estimate of drug-likeness (QED) is 0.710. The summed E-state index contributed by atoms with van der Waals surface area (Å²) in [5.74, 6) is 0.818. The number of aromatic nitrogens is 2. The Hall–Kier alpha value is -2.82. The predicted octanol–water partition coefficient (Wildman–Crippen LogP) is 3.44. The van der Waals surface area contributed by atoms with Gasteiger partial charge in [0, 0.05) is 24.5 Å². The Kier molecular flexibility index (Phi) is 4.57. The Morgan fingerprint density at radius 1 is 1.22 bits per heavy atom. The van der Waals surface area contributed by atoms with Gasteiger partial charge in [0.15, 0.2) is 0 Å². The summed E-state index contributed by atoms with van der Waals surface area (Å²) in [5, 5.41) is 2.95. The number of fused-ring (bicyclic) bond motifs is 1. The molecular formula is C18H19N3O2. The fourth-order valence-electron chi connectivity index (χ4n) is 2.41. The van der Waals surface area contributed by atoms with Crippen LogP contribution in [0.25, 0.3) is 5.65 Å². The molecule has 118 valence electrons. The lowest BCUT2D eigenvalue weighted by Gasteiger charge is -2.10. The van der Waals surface area contributed by atoms with Gasteiger partial charge in [0.25, 0.3) is 0 Å². The highest BCUT2D eigenvalue weighted by molar-refractivity contribution is 5.91. The number of ether oxygens (including phenoxy) is 1. The molecule has 5 nitrogen and oxygen atoms in total. The molecule has 0 fully saturated rings. The van der Waals surface area contributed by atoms with Gasteiger partial charge in [-0.3, -0.25) is 4.79 Å². The lowest BCUT2D eigenvalue weighted by molar-refractivity contribution is -0.116. The second-order valence-corrected chi connectivity index (χ2v) is 5.30. The van der Waals surface area contributed by atoms with Crippen molar-refractivity contribution in [1.29, 1.82) is 0 Å². The molecule has 0 aliphatic carbocycles. The third-order valence-electron chi connectivity index (χ3n) is 3.65. The van der Waals surface area contributed by atoms with E-state index in [0.717, 1.165) is 22.8 Å². The van der Waals surface area contributed by atoms with E-state index in [1.165, 1.54) is 0 Å². The molecule has 0 aliphatic rings. The number of anilines is 1. The van der Waals surface area contributed by atoms with Crippen molar-refractivity contribution in [1.82, 2.24) is 9.38 Å². The van der Waals surface area contributed by atoms with Crippen LogP contribution < -0.4 is 10.1 Å². The lowest BCUT2D eigenvalue weighted by atomic mass is 10.2. The van der Waals surface area contributed by atoms with Crippen molar-refractivity contribution in [2.24, 2.45) is 0 Å². The molecule has 0 saturated carbocycles. The number of benzene rings is 1. The number of para-hydroxylation sites is 1. The van der Waals surface area contributed by atoms with E-state index in [9.17, 15) is 4.79 Å². The number of nitrogens with zero attached hydrogens (tertiary/aromatic N) is 2. The van der Waals surface area contributed by atoms with E-state index in [0.29, 0.717) is 19.4 Å². The smallest absolute Gasteiger partial charge is 0.224 e. The first-order valence-electron chi connectivity index (χ1n) is 7.64. The number of aryl methyl sites for hydroxylation is 1. The van der Waals surface area contributed by atoms with Gasteiger partial charge < -0.3 is 14.5 Å². The number of imidazole rings is 1. The van der Waals surface area contributed by atoms with Gasteiger partial charge in [0.1, 0.15) is 11.4 Å². The molecule has 0 spiro atoms. The molecule has 5 heteroatoms. The fraction of sp³-hybridized carbons (Fsp3) is 0.222. The number of amides is 1. The van der Waals surface area contributed by atoms with Crippen LogP contribution in [0.1, 0.15) is 18.5 Å². The number of rotatable bonds is 6. The zero-order valence-electron chi connectivity index (χ0n) is 13.0. The summed E-state index contributed by atoms with van der Waals surface area (Å²) >= 11 is 0. The average Bonchev–Trinajstić information content (AvgIpc) is 3.05. The SMILES string of the molecule is Cc1c(NC(=O)CCCOc2ccccc2)ccc2nccn12. The molecule has 0 radical (unpaired) electrons. The summed E-state index contributed by atoms with van der Waals surface area (Å²) in [5.41, 5.74) is 2.65. The van der Waals surface area contributed by atoms with Crippen LogP contribution in [0.2, 0.25) is 0 Å². The fourth-order valence-corrected chi connectivity index (χ4v) is 2.41. The highest BCUT2D eigenvalue weighted by atomic mass is 16.5. The average molecular weight is 309 g/mol. The largest absolute Gasteiger partial charge is 0.494 e. The maximum absolute atomic E-state index is 12.1. The highest BCUT2D eigenvalue weighted by Crippen LogP contribution is 2.17. The topological polar surface area (TPSA) is 55.6 Å².